The Balaban J connectivity index is 2.57. The van der Waals surface area contributed by atoms with E-state index in [-0.39, 0.29) is 6.61 Å². The average Bonchev–Trinajstić information content (AvgIpc) is 2.70. The van der Waals surface area contributed by atoms with Crippen LogP contribution in [0.15, 0.2) is 24.0 Å². The van der Waals surface area contributed by atoms with Crippen molar-refractivity contribution in [2.75, 3.05) is 13.2 Å². The van der Waals surface area contributed by atoms with Crippen molar-refractivity contribution in [2.24, 2.45) is 0 Å². The lowest BCUT2D eigenvalue weighted by atomic mass is 10.2. The summed E-state index contributed by atoms with van der Waals surface area (Å²) in [5, 5.41) is 0. The van der Waals surface area contributed by atoms with Crippen LogP contribution >= 0.6 is 34.8 Å². The molecule has 0 saturated heterocycles. The summed E-state index contributed by atoms with van der Waals surface area (Å²) in [6.07, 6.45) is 3.84. The van der Waals surface area contributed by atoms with Gasteiger partial charge in [-0.15, -0.1) is 0 Å². The number of hydrogen-bond acceptors (Lipinski definition) is 3. The van der Waals surface area contributed by atoms with Crippen LogP contribution in [0.3, 0.4) is 0 Å². The van der Waals surface area contributed by atoms with Crippen molar-refractivity contribution in [3.63, 3.8) is 0 Å². The van der Waals surface area contributed by atoms with E-state index in [0.717, 1.165) is 12.8 Å². The minimum Gasteiger partial charge on any atom is -0.493 e. The topological polar surface area (TPSA) is 35.5 Å². The van der Waals surface area contributed by atoms with E-state index in [1.807, 2.05) is 0 Å². The number of allylic oxidation sites excluding steroid dienone is 1. The molecule has 1 aliphatic rings. The molecule has 0 N–H and O–H groups in total. The van der Waals surface area contributed by atoms with E-state index in [9.17, 15) is 4.79 Å². The van der Waals surface area contributed by atoms with Gasteiger partial charge in [0.2, 0.25) is 3.79 Å². The standard InChI is InChI=1S/C11H13Cl3O3/c1-2-6-16-9-5-3-4-8(9)10(15)17-7-11(12,13)14/h2H,1,3-7H2. The van der Waals surface area contributed by atoms with Crippen LogP contribution in [0, 0.1) is 0 Å². The highest BCUT2D eigenvalue weighted by Gasteiger charge is 2.27. The Hall–Kier alpha value is -0.380. The molecule has 0 aromatic rings. The van der Waals surface area contributed by atoms with Crippen LogP contribution in [0.2, 0.25) is 0 Å². The van der Waals surface area contributed by atoms with Gasteiger partial charge in [0.25, 0.3) is 0 Å². The zero-order valence-corrected chi connectivity index (χ0v) is 11.4. The fourth-order valence-electron chi connectivity index (χ4n) is 1.49. The van der Waals surface area contributed by atoms with Gasteiger partial charge in [-0.1, -0.05) is 47.5 Å². The van der Waals surface area contributed by atoms with Crippen molar-refractivity contribution in [2.45, 2.75) is 23.1 Å². The highest BCUT2D eigenvalue weighted by molar-refractivity contribution is 6.67. The summed E-state index contributed by atoms with van der Waals surface area (Å²) in [7, 11) is 0. The molecule has 0 heterocycles. The number of halogens is 3. The van der Waals surface area contributed by atoms with Crippen molar-refractivity contribution in [3.05, 3.63) is 24.0 Å². The Morgan fingerprint density at radius 3 is 2.71 bits per heavy atom. The number of alkyl halides is 3. The molecule has 1 rings (SSSR count). The highest BCUT2D eigenvalue weighted by atomic mass is 35.6. The van der Waals surface area contributed by atoms with Crippen molar-refractivity contribution in [1.82, 2.24) is 0 Å². The van der Waals surface area contributed by atoms with Gasteiger partial charge in [-0.3, -0.25) is 0 Å². The van der Waals surface area contributed by atoms with E-state index >= 15 is 0 Å². The molecule has 17 heavy (non-hydrogen) atoms. The van der Waals surface area contributed by atoms with E-state index in [0.29, 0.717) is 24.4 Å². The number of esters is 1. The quantitative estimate of drug-likeness (QED) is 0.442. The summed E-state index contributed by atoms with van der Waals surface area (Å²) in [5.74, 6) is 0.173. The van der Waals surface area contributed by atoms with E-state index in [1.54, 1.807) is 6.08 Å². The van der Waals surface area contributed by atoms with Crippen molar-refractivity contribution < 1.29 is 14.3 Å². The average molecular weight is 300 g/mol. The lowest BCUT2D eigenvalue weighted by Gasteiger charge is -2.12. The van der Waals surface area contributed by atoms with Crippen LogP contribution in [0.1, 0.15) is 19.3 Å². The second-order valence-corrected chi connectivity index (χ2v) is 6.06. The monoisotopic (exact) mass is 298 g/mol. The van der Waals surface area contributed by atoms with Gasteiger partial charge < -0.3 is 9.47 Å². The summed E-state index contributed by atoms with van der Waals surface area (Å²) >= 11 is 16.5. The molecule has 6 heteroatoms. The third-order valence-corrected chi connectivity index (χ3v) is 2.48. The summed E-state index contributed by atoms with van der Waals surface area (Å²) in [6, 6.07) is 0. The minimum atomic E-state index is -1.59. The molecule has 0 spiro atoms. The molecule has 0 radical (unpaired) electrons. The number of hydrogen-bond donors (Lipinski definition) is 0. The summed E-state index contributed by atoms with van der Waals surface area (Å²) in [4.78, 5) is 11.7. The molecule has 0 aromatic heterocycles. The van der Waals surface area contributed by atoms with Gasteiger partial charge >= 0.3 is 5.97 Å². The summed E-state index contributed by atoms with van der Waals surface area (Å²) in [5.41, 5.74) is 0.529. The minimum absolute atomic E-state index is 0.269. The molecule has 0 aromatic carbocycles. The van der Waals surface area contributed by atoms with Gasteiger partial charge in [-0.05, 0) is 12.8 Å². The van der Waals surface area contributed by atoms with Gasteiger partial charge in [0.05, 0.1) is 5.57 Å². The lowest BCUT2D eigenvalue weighted by molar-refractivity contribution is -0.139. The zero-order chi connectivity index (χ0) is 12.9. The number of ether oxygens (including phenoxy) is 2. The van der Waals surface area contributed by atoms with Crippen LogP contribution in [-0.4, -0.2) is 23.0 Å². The molecule has 96 valence electrons. The van der Waals surface area contributed by atoms with Crippen molar-refractivity contribution in [3.8, 4) is 0 Å². The first-order valence-electron chi connectivity index (χ1n) is 5.13. The first kappa shape index (κ1) is 14.7. The van der Waals surface area contributed by atoms with Gasteiger partial charge in [-0.2, -0.15) is 0 Å². The molecule has 0 atom stereocenters. The largest absolute Gasteiger partial charge is 0.493 e. The van der Waals surface area contributed by atoms with E-state index < -0.39 is 9.76 Å². The molecular weight excluding hydrogens is 286 g/mol. The number of carbonyl (C=O) groups is 1. The molecular formula is C11H13Cl3O3. The van der Waals surface area contributed by atoms with Crippen LogP contribution in [0.5, 0.6) is 0 Å². The van der Waals surface area contributed by atoms with Crippen LogP contribution in [0.25, 0.3) is 0 Å². The van der Waals surface area contributed by atoms with E-state index in [4.69, 9.17) is 44.3 Å². The molecule has 0 aliphatic heterocycles. The smallest absolute Gasteiger partial charge is 0.337 e. The van der Waals surface area contributed by atoms with Crippen LogP contribution in [-0.2, 0) is 14.3 Å². The third kappa shape index (κ3) is 5.19. The van der Waals surface area contributed by atoms with E-state index in [2.05, 4.69) is 6.58 Å². The van der Waals surface area contributed by atoms with Crippen LogP contribution in [0.4, 0.5) is 0 Å². The first-order chi connectivity index (χ1) is 7.94. The Bertz CT molecular complexity index is 331. The molecule has 0 saturated carbocycles. The Labute approximate surface area is 115 Å². The fraction of sp³-hybridized carbons (Fsp3) is 0.545. The van der Waals surface area contributed by atoms with Gasteiger partial charge in [0.1, 0.15) is 19.0 Å². The van der Waals surface area contributed by atoms with Gasteiger partial charge in [0, 0.05) is 6.42 Å². The summed E-state index contributed by atoms with van der Waals surface area (Å²) in [6.45, 7) is 3.65. The second kappa shape index (κ2) is 6.53. The SMILES string of the molecule is C=CCOC1=C(C(=O)OCC(Cl)(Cl)Cl)CCC1. The van der Waals surface area contributed by atoms with Crippen LogP contribution < -0.4 is 0 Å². The number of rotatable bonds is 5. The van der Waals surface area contributed by atoms with Gasteiger partial charge in [-0.25, -0.2) is 4.79 Å². The second-order valence-electron chi connectivity index (χ2n) is 3.55. The predicted octanol–water partition coefficient (Wildman–Crippen LogP) is 3.54. The maximum absolute atomic E-state index is 11.7. The molecule has 0 amide bonds. The van der Waals surface area contributed by atoms with Crippen molar-refractivity contribution >= 4 is 40.8 Å². The lowest BCUT2D eigenvalue weighted by Crippen LogP contribution is -2.18. The fourth-order valence-corrected chi connectivity index (χ4v) is 1.65. The third-order valence-electron chi connectivity index (χ3n) is 2.16. The molecule has 0 unspecified atom stereocenters. The molecule has 3 nitrogen and oxygen atoms in total. The molecule has 1 aliphatic carbocycles. The van der Waals surface area contributed by atoms with Gasteiger partial charge in [0.15, 0.2) is 0 Å². The zero-order valence-electron chi connectivity index (χ0n) is 9.18. The Morgan fingerprint density at radius 1 is 1.41 bits per heavy atom. The number of carbonyl (C=O) groups excluding carboxylic acids is 1. The normalized spacial score (nSPS) is 15.9. The summed E-state index contributed by atoms with van der Waals surface area (Å²) < 4.78 is 8.70. The molecule has 0 bridgehead atoms. The maximum Gasteiger partial charge on any atom is 0.337 e. The highest BCUT2D eigenvalue weighted by Crippen LogP contribution is 2.30. The van der Waals surface area contributed by atoms with Crippen molar-refractivity contribution in [1.29, 1.82) is 0 Å². The predicted molar refractivity (Wildman–Crippen MR) is 68.3 cm³/mol. The first-order valence-corrected chi connectivity index (χ1v) is 6.27. The van der Waals surface area contributed by atoms with E-state index in [1.165, 1.54) is 0 Å². The maximum atomic E-state index is 11.7. The Kier molecular flexibility index (Phi) is 5.63. The Morgan fingerprint density at radius 2 is 2.12 bits per heavy atom. The molecule has 0 fully saturated rings.